The Hall–Kier alpha value is -2.58. The lowest BCUT2D eigenvalue weighted by Crippen LogP contribution is -2.30. The van der Waals surface area contributed by atoms with Crippen LogP contribution >= 0.6 is 11.6 Å². The molecule has 0 radical (unpaired) electrons. The van der Waals surface area contributed by atoms with Gasteiger partial charge in [-0.2, -0.15) is 0 Å². The first-order valence-corrected chi connectivity index (χ1v) is 10.0. The van der Waals surface area contributed by atoms with Crippen LogP contribution < -0.4 is 10.1 Å². The second-order valence-electron chi connectivity index (χ2n) is 5.65. The van der Waals surface area contributed by atoms with Crippen LogP contribution in [0.2, 0.25) is 5.02 Å². The molecule has 0 saturated heterocycles. The van der Waals surface area contributed by atoms with Crippen LogP contribution in [0, 0.1) is 0 Å². The highest BCUT2D eigenvalue weighted by Gasteiger charge is 2.23. The van der Waals surface area contributed by atoms with Crippen molar-refractivity contribution in [3.63, 3.8) is 0 Å². The third-order valence-electron chi connectivity index (χ3n) is 3.60. The number of rotatable bonds is 6. The zero-order valence-corrected chi connectivity index (χ0v) is 16.4. The molecule has 2 aromatic carbocycles. The summed E-state index contributed by atoms with van der Waals surface area (Å²) >= 11 is 5.96. The fraction of sp³-hybridized carbons (Fsp3) is 0.222. The Morgan fingerprint density at radius 2 is 1.81 bits per heavy atom. The van der Waals surface area contributed by atoms with Crippen LogP contribution in [-0.4, -0.2) is 39.8 Å². The number of hydrogen-bond acceptors (Lipinski definition) is 6. The quantitative estimate of drug-likeness (QED) is 0.734. The minimum Gasteiger partial charge on any atom is -0.495 e. The van der Waals surface area contributed by atoms with E-state index < -0.39 is 27.8 Å². The largest absolute Gasteiger partial charge is 0.495 e. The predicted octanol–water partition coefficient (Wildman–Crippen LogP) is 2.94. The average Bonchev–Trinajstić information content (AvgIpc) is 2.61. The van der Waals surface area contributed by atoms with E-state index in [9.17, 15) is 18.0 Å². The lowest BCUT2D eigenvalue weighted by atomic mass is 10.2. The molecular formula is C18H18ClNO6S. The summed E-state index contributed by atoms with van der Waals surface area (Å²) in [7, 11) is -2.06. The highest BCUT2D eigenvalue weighted by atomic mass is 35.5. The Morgan fingerprint density at radius 1 is 1.15 bits per heavy atom. The van der Waals surface area contributed by atoms with Crippen molar-refractivity contribution in [1.29, 1.82) is 0 Å². The van der Waals surface area contributed by atoms with Gasteiger partial charge in [-0.1, -0.05) is 23.7 Å². The Balaban J connectivity index is 2.14. The molecule has 9 heteroatoms. The van der Waals surface area contributed by atoms with Crippen LogP contribution in [0.5, 0.6) is 5.75 Å². The Kier molecular flexibility index (Phi) is 6.45. The lowest BCUT2D eigenvalue weighted by molar-refractivity contribution is -0.123. The SMILES string of the molecule is COc1ccccc1NC(=O)[C@H](C)OC(=O)c1cc(S(C)(=O)=O)ccc1Cl. The van der Waals surface area contributed by atoms with Crippen molar-refractivity contribution in [3.8, 4) is 5.75 Å². The van der Waals surface area contributed by atoms with Crippen molar-refractivity contribution in [2.75, 3.05) is 18.7 Å². The molecule has 1 amide bonds. The number of benzene rings is 2. The van der Waals surface area contributed by atoms with Crippen molar-refractivity contribution >= 4 is 39.0 Å². The maximum Gasteiger partial charge on any atom is 0.340 e. The predicted molar refractivity (Wildman–Crippen MR) is 101 cm³/mol. The number of hydrogen-bond donors (Lipinski definition) is 1. The van der Waals surface area contributed by atoms with Crippen molar-refractivity contribution in [2.24, 2.45) is 0 Å². The first kappa shape index (κ1) is 20.7. The summed E-state index contributed by atoms with van der Waals surface area (Å²) in [6.07, 6.45) is -0.144. The van der Waals surface area contributed by atoms with Crippen LogP contribution in [0.4, 0.5) is 5.69 Å². The van der Waals surface area contributed by atoms with E-state index in [2.05, 4.69) is 5.32 Å². The van der Waals surface area contributed by atoms with Gasteiger partial charge < -0.3 is 14.8 Å². The van der Waals surface area contributed by atoms with Gasteiger partial charge in [-0.05, 0) is 37.3 Å². The molecule has 0 aliphatic heterocycles. The molecule has 0 fully saturated rings. The number of anilines is 1. The molecule has 1 N–H and O–H groups in total. The molecule has 0 aliphatic carbocycles. The van der Waals surface area contributed by atoms with Crippen molar-refractivity contribution in [2.45, 2.75) is 17.9 Å². The second kappa shape index (κ2) is 8.41. The first-order chi connectivity index (χ1) is 12.6. The van der Waals surface area contributed by atoms with Gasteiger partial charge in [0.25, 0.3) is 5.91 Å². The molecule has 0 saturated carbocycles. The summed E-state index contributed by atoms with van der Waals surface area (Å²) in [5.74, 6) is -1.04. The zero-order chi connectivity index (χ0) is 20.2. The Bertz CT molecular complexity index is 974. The van der Waals surface area contributed by atoms with Gasteiger partial charge in [0, 0.05) is 6.26 Å². The highest BCUT2D eigenvalue weighted by molar-refractivity contribution is 7.90. The number of amides is 1. The molecule has 0 bridgehead atoms. The van der Waals surface area contributed by atoms with Gasteiger partial charge in [0.1, 0.15) is 5.75 Å². The fourth-order valence-corrected chi connectivity index (χ4v) is 2.99. The van der Waals surface area contributed by atoms with E-state index in [1.165, 1.54) is 26.2 Å². The van der Waals surface area contributed by atoms with Crippen LogP contribution in [0.25, 0.3) is 0 Å². The number of methoxy groups -OCH3 is 1. The van der Waals surface area contributed by atoms with Gasteiger partial charge in [-0.3, -0.25) is 4.79 Å². The number of ether oxygens (including phenoxy) is 2. The monoisotopic (exact) mass is 411 g/mol. The highest BCUT2D eigenvalue weighted by Crippen LogP contribution is 2.24. The second-order valence-corrected chi connectivity index (χ2v) is 8.07. The summed E-state index contributed by atoms with van der Waals surface area (Å²) < 4.78 is 33.5. The van der Waals surface area contributed by atoms with Gasteiger partial charge in [0.05, 0.1) is 28.3 Å². The van der Waals surface area contributed by atoms with Gasteiger partial charge in [-0.15, -0.1) is 0 Å². The van der Waals surface area contributed by atoms with E-state index in [0.29, 0.717) is 11.4 Å². The number of carbonyl (C=O) groups is 2. The molecule has 0 unspecified atom stereocenters. The number of carbonyl (C=O) groups excluding carboxylic acids is 2. The molecule has 0 aromatic heterocycles. The molecule has 2 rings (SSSR count). The van der Waals surface area contributed by atoms with E-state index in [0.717, 1.165) is 12.3 Å². The Morgan fingerprint density at radius 3 is 2.44 bits per heavy atom. The molecule has 0 aliphatic rings. The number of nitrogens with one attached hydrogen (secondary N) is 1. The smallest absolute Gasteiger partial charge is 0.340 e. The molecule has 1 atom stereocenters. The number of esters is 1. The summed E-state index contributed by atoms with van der Waals surface area (Å²) in [6, 6.07) is 10.5. The number of halogens is 1. The van der Waals surface area contributed by atoms with Crippen LogP contribution in [0.3, 0.4) is 0 Å². The summed E-state index contributed by atoms with van der Waals surface area (Å²) in [5, 5.41) is 2.62. The zero-order valence-electron chi connectivity index (χ0n) is 14.9. The van der Waals surface area contributed by atoms with E-state index in [4.69, 9.17) is 21.1 Å². The molecule has 0 heterocycles. The minimum atomic E-state index is -3.53. The first-order valence-electron chi connectivity index (χ1n) is 7.78. The molecule has 27 heavy (non-hydrogen) atoms. The van der Waals surface area contributed by atoms with E-state index >= 15 is 0 Å². The Labute approximate surface area is 162 Å². The molecule has 2 aromatic rings. The van der Waals surface area contributed by atoms with Gasteiger partial charge >= 0.3 is 5.97 Å². The average molecular weight is 412 g/mol. The van der Waals surface area contributed by atoms with Gasteiger partial charge in [-0.25, -0.2) is 13.2 Å². The van der Waals surface area contributed by atoms with E-state index in [-0.39, 0.29) is 15.5 Å². The van der Waals surface area contributed by atoms with Gasteiger partial charge in [0.2, 0.25) is 0 Å². The molecule has 7 nitrogen and oxygen atoms in total. The molecule has 0 spiro atoms. The topological polar surface area (TPSA) is 98.8 Å². The number of para-hydroxylation sites is 2. The van der Waals surface area contributed by atoms with E-state index in [1.807, 2.05) is 0 Å². The van der Waals surface area contributed by atoms with Crippen LogP contribution in [0.15, 0.2) is 47.4 Å². The summed E-state index contributed by atoms with van der Waals surface area (Å²) in [4.78, 5) is 24.5. The summed E-state index contributed by atoms with van der Waals surface area (Å²) in [5.41, 5.74) is 0.279. The molecular weight excluding hydrogens is 394 g/mol. The maximum absolute atomic E-state index is 12.3. The van der Waals surface area contributed by atoms with Crippen LogP contribution in [0.1, 0.15) is 17.3 Å². The van der Waals surface area contributed by atoms with Crippen molar-refractivity contribution in [3.05, 3.63) is 53.1 Å². The van der Waals surface area contributed by atoms with Crippen molar-refractivity contribution < 1.29 is 27.5 Å². The van der Waals surface area contributed by atoms with Gasteiger partial charge in [0.15, 0.2) is 15.9 Å². The fourth-order valence-electron chi connectivity index (χ4n) is 2.15. The third kappa shape index (κ3) is 5.21. The van der Waals surface area contributed by atoms with E-state index in [1.54, 1.807) is 24.3 Å². The van der Waals surface area contributed by atoms with Crippen LogP contribution in [-0.2, 0) is 19.4 Å². The third-order valence-corrected chi connectivity index (χ3v) is 5.04. The van der Waals surface area contributed by atoms with Crippen molar-refractivity contribution in [1.82, 2.24) is 0 Å². The maximum atomic E-state index is 12.3. The minimum absolute atomic E-state index is 0.0183. The standard InChI is InChI=1S/C18H18ClNO6S/c1-11(17(21)20-15-6-4-5-7-16(15)25-2)26-18(22)13-10-12(27(3,23)24)8-9-14(13)19/h4-11H,1-3H3,(H,20,21)/t11-/m0/s1. The summed E-state index contributed by atoms with van der Waals surface area (Å²) in [6.45, 7) is 1.39. The number of sulfone groups is 1. The normalized spacial score (nSPS) is 12.1. The lowest BCUT2D eigenvalue weighted by Gasteiger charge is -2.15. The molecule has 144 valence electrons.